The van der Waals surface area contributed by atoms with Gasteiger partial charge in [0, 0.05) is 18.9 Å². The van der Waals surface area contributed by atoms with Gasteiger partial charge in [0.25, 0.3) is 0 Å². The van der Waals surface area contributed by atoms with E-state index in [4.69, 9.17) is 0 Å². The maximum Gasteiger partial charge on any atom is 0.235 e. The van der Waals surface area contributed by atoms with Crippen LogP contribution in [-0.4, -0.2) is 52.9 Å². The highest BCUT2D eigenvalue weighted by molar-refractivity contribution is 6.06. The fourth-order valence-electron chi connectivity index (χ4n) is 6.33. The topological polar surface area (TPSA) is 99.2 Å². The molecule has 3 N–H and O–H groups in total. The zero-order chi connectivity index (χ0) is 27.3. The normalized spacial score (nSPS) is 20.1. The number of likely N-dealkylation sites (tertiary alicyclic amines) is 1. The Bertz CT molecular complexity index is 1300. The third kappa shape index (κ3) is 5.06. The van der Waals surface area contributed by atoms with Crippen LogP contribution in [0.25, 0.3) is 0 Å². The summed E-state index contributed by atoms with van der Waals surface area (Å²) < 4.78 is 0. The van der Waals surface area contributed by atoms with Crippen LogP contribution in [0.15, 0.2) is 67.3 Å². The monoisotopic (exact) mass is 526 g/mol. The number of amides is 2. The first-order chi connectivity index (χ1) is 19.1. The first-order valence-corrected chi connectivity index (χ1v) is 14.1. The molecule has 4 aliphatic heterocycles. The van der Waals surface area contributed by atoms with Crippen molar-refractivity contribution in [2.75, 3.05) is 36.8 Å². The van der Waals surface area contributed by atoms with Crippen LogP contribution in [0.5, 0.6) is 0 Å². The number of anilines is 2. The first-order valence-electron chi connectivity index (χ1n) is 14.1. The van der Waals surface area contributed by atoms with Gasteiger partial charge >= 0.3 is 0 Å². The van der Waals surface area contributed by atoms with E-state index in [0.29, 0.717) is 0 Å². The van der Waals surface area contributed by atoms with Crippen molar-refractivity contribution in [1.82, 2.24) is 20.2 Å². The number of carbonyl (C=O) groups is 2. The molecule has 204 valence electrons. The van der Waals surface area contributed by atoms with Crippen molar-refractivity contribution >= 4 is 23.2 Å². The van der Waals surface area contributed by atoms with Crippen LogP contribution < -0.4 is 16.0 Å². The largest absolute Gasteiger partial charge is 0.324 e. The number of rotatable bonds is 2. The molecule has 8 nitrogen and oxygen atoms in total. The number of nitrogens with zero attached hydrogens (tertiary/aromatic N) is 3. The standard InChI is InChI=1S/C18H19N3O.C11H13N3O.C2H6/c22-17-18(15-6-9-19-12-16(15)20-17)7-10-21(11-8-18)13-14-4-2-1-3-5-14;15-10-11(2-5-12-6-3-11)8-1-4-13-7-9(8)14-10;1-2/h1-6,9,12H,7-8,10-11,13H2,(H,20,22);1,4,7,12H,2-3,5-6H2,(H,14,15);1-2H3. The molecular formula is C31H38N6O2. The van der Waals surface area contributed by atoms with Crippen molar-refractivity contribution in [2.45, 2.75) is 56.9 Å². The van der Waals surface area contributed by atoms with Crippen LogP contribution in [0.4, 0.5) is 11.4 Å². The summed E-state index contributed by atoms with van der Waals surface area (Å²) in [6.07, 6.45) is 10.6. The Balaban J connectivity index is 0.000000158. The molecule has 0 aliphatic carbocycles. The Morgan fingerprint density at radius 1 is 0.744 bits per heavy atom. The van der Waals surface area contributed by atoms with Crippen molar-refractivity contribution in [2.24, 2.45) is 0 Å². The van der Waals surface area contributed by atoms with Gasteiger partial charge in [0.05, 0.1) is 34.6 Å². The molecular weight excluding hydrogens is 488 g/mol. The molecule has 2 spiro atoms. The van der Waals surface area contributed by atoms with Gasteiger partial charge in [0.2, 0.25) is 11.8 Å². The van der Waals surface area contributed by atoms with Crippen LogP contribution in [0.2, 0.25) is 0 Å². The molecule has 8 heteroatoms. The molecule has 0 atom stereocenters. The number of nitrogens with one attached hydrogen (secondary N) is 3. The number of pyridine rings is 2. The fraction of sp³-hybridized carbons (Fsp3) is 0.419. The molecule has 7 rings (SSSR count). The molecule has 0 radical (unpaired) electrons. The molecule has 0 bridgehead atoms. The second kappa shape index (κ2) is 11.6. The summed E-state index contributed by atoms with van der Waals surface area (Å²) in [4.78, 5) is 35.1. The molecule has 2 aromatic heterocycles. The summed E-state index contributed by atoms with van der Waals surface area (Å²) in [7, 11) is 0. The number of piperidine rings is 2. The summed E-state index contributed by atoms with van der Waals surface area (Å²) >= 11 is 0. The molecule has 3 aromatic rings. The smallest absolute Gasteiger partial charge is 0.235 e. The van der Waals surface area contributed by atoms with Crippen molar-refractivity contribution < 1.29 is 9.59 Å². The summed E-state index contributed by atoms with van der Waals surface area (Å²) in [5, 5.41) is 9.22. The van der Waals surface area contributed by atoms with Crippen LogP contribution in [0.3, 0.4) is 0 Å². The summed E-state index contributed by atoms with van der Waals surface area (Å²) in [5.74, 6) is 0.293. The van der Waals surface area contributed by atoms with Gasteiger partial charge in [-0.25, -0.2) is 0 Å². The summed E-state index contributed by atoms with van der Waals surface area (Å²) in [5.41, 5.74) is 4.75. The van der Waals surface area contributed by atoms with Gasteiger partial charge in [-0.3, -0.25) is 24.5 Å². The Kier molecular flexibility index (Phi) is 8.04. The van der Waals surface area contributed by atoms with Crippen LogP contribution in [0, 0.1) is 0 Å². The molecule has 2 saturated heterocycles. The van der Waals surface area contributed by atoms with E-state index < -0.39 is 0 Å². The van der Waals surface area contributed by atoms with Gasteiger partial charge in [-0.2, -0.15) is 0 Å². The minimum absolute atomic E-state index is 0.145. The third-order valence-electron chi connectivity index (χ3n) is 8.45. The van der Waals surface area contributed by atoms with Gasteiger partial charge in [-0.15, -0.1) is 0 Å². The predicted octanol–water partition coefficient (Wildman–Crippen LogP) is 4.25. The van der Waals surface area contributed by atoms with Crippen LogP contribution in [0.1, 0.15) is 56.2 Å². The lowest BCUT2D eigenvalue weighted by Gasteiger charge is -2.38. The molecule has 0 saturated carbocycles. The lowest BCUT2D eigenvalue weighted by atomic mass is 9.74. The number of hydrogen-bond donors (Lipinski definition) is 3. The van der Waals surface area contributed by atoms with E-state index in [1.807, 2.05) is 32.0 Å². The lowest BCUT2D eigenvalue weighted by molar-refractivity contribution is -0.123. The SMILES string of the molecule is CC.O=C1Nc2cnccc2C12CCN(Cc1ccccc1)CC2.O=C1Nc2cnccc2C12CCNCC2. The highest BCUT2D eigenvalue weighted by Gasteiger charge is 2.48. The summed E-state index contributed by atoms with van der Waals surface area (Å²) in [6, 6.07) is 14.5. The Morgan fingerprint density at radius 2 is 1.26 bits per heavy atom. The van der Waals surface area contributed by atoms with E-state index in [2.05, 4.69) is 55.1 Å². The molecule has 2 amide bonds. The quantitative estimate of drug-likeness (QED) is 0.462. The number of fused-ring (bicyclic) bond motifs is 4. The predicted molar refractivity (Wildman–Crippen MR) is 153 cm³/mol. The Morgan fingerprint density at radius 3 is 1.79 bits per heavy atom. The maximum absolute atomic E-state index is 12.5. The molecule has 0 unspecified atom stereocenters. The molecule has 6 heterocycles. The second-order valence-electron chi connectivity index (χ2n) is 10.4. The van der Waals surface area contributed by atoms with E-state index in [9.17, 15) is 9.59 Å². The van der Waals surface area contributed by atoms with Crippen molar-refractivity contribution in [3.05, 3.63) is 83.9 Å². The minimum atomic E-state index is -0.342. The second-order valence-corrected chi connectivity index (χ2v) is 10.4. The number of hydrogen-bond acceptors (Lipinski definition) is 6. The molecule has 2 fully saturated rings. The minimum Gasteiger partial charge on any atom is -0.324 e. The van der Waals surface area contributed by atoms with Crippen molar-refractivity contribution in [1.29, 1.82) is 0 Å². The molecule has 1 aromatic carbocycles. The molecule has 4 aliphatic rings. The van der Waals surface area contributed by atoms with E-state index in [-0.39, 0.29) is 22.6 Å². The third-order valence-corrected chi connectivity index (χ3v) is 8.45. The van der Waals surface area contributed by atoms with Gasteiger partial charge < -0.3 is 16.0 Å². The number of benzene rings is 1. The van der Waals surface area contributed by atoms with Crippen LogP contribution >= 0.6 is 0 Å². The zero-order valence-electron chi connectivity index (χ0n) is 22.9. The highest BCUT2D eigenvalue weighted by atomic mass is 16.2. The Hall–Kier alpha value is -3.62. The van der Waals surface area contributed by atoms with Gasteiger partial charge in [-0.05, 0) is 80.7 Å². The zero-order valence-corrected chi connectivity index (χ0v) is 22.9. The molecule has 39 heavy (non-hydrogen) atoms. The van der Waals surface area contributed by atoms with Gasteiger partial charge in [-0.1, -0.05) is 44.2 Å². The highest BCUT2D eigenvalue weighted by Crippen LogP contribution is 2.45. The lowest BCUT2D eigenvalue weighted by Crippen LogP contribution is -2.46. The van der Waals surface area contributed by atoms with Gasteiger partial charge in [0.15, 0.2) is 0 Å². The van der Waals surface area contributed by atoms with Crippen molar-refractivity contribution in [3.8, 4) is 0 Å². The van der Waals surface area contributed by atoms with Gasteiger partial charge in [0.1, 0.15) is 0 Å². The van der Waals surface area contributed by atoms with E-state index in [1.54, 1.807) is 24.8 Å². The van der Waals surface area contributed by atoms with Crippen molar-refractivity contribution in [3.63, 3.8) is 0 Å². The fourth-order valence-corrected chi connectivity index (χ4v) is 6.33. The van der Waals surface area contributed by atoms with Crippen LogP contribution in [-0.2, 0) is 27.0 Å². The average molecular weight is 527 g/mol. The first kappa shape index (κ1) is 27.0. The van der Waals surface area contributed by atoms with E-state index >= 15 is 0 Å². The van der Waals surface area contributed by atoms with E-state index in [0.717, 1.165) is 80.9 Å². The summed E-state index contributed by atoms with van der Waals surface area (Å²) in [6.45, 7) is 8.68. The average Bonchev–Trinajstić information content (AvgIpc) is 3.42. The Labute approximate surface area is 230 Å². The maximum atomic E-state index is 12.5. The number of aromatic nitrogens is 2. The number of carbonyl (C=O) groups excluding carboxylic acids is 2. The van der Waals surface area contributed by atoms with E-state index in [1.165, 1.54) is 5.56 Å².